The van der Waals surface area contributed by atoms with Gasteiger partial charge in [-0.05, 0) is 50.9 Å². The number of aliphatic hydroxyl groups is 1. The fraction of sp³-hybridized carbons (Fsp3) is 0.625. The fourth-order valence-corrected chi connectivity index (χ4v) is 2.16. The molecule has 0 saturated heterocycles. The largest absolute Gasteiger partial charge is 0.387 e. The Hall–Kier alpha value is -0.860. The van der Waals surface area contributed by atoms with E-state index in [0.29, 0.717) is 12.5 Å². The summed E-state index contributed by atoms with van der Waals surface area (Å²) >= 11 is 0. The van der Waals surface area contributed by atoms with Crippen LogP contribution >= 0.6 is 0 Å². The second-order valence-electron chi connectivity index (χ2n) is 5.82. The lowest BCUT2D eigenvalue weighted by atomic mass is 10.0. The molecule has 102 valence electrons. The first-order valence-corrected chi connectivity index (χ1v) is 6.84. The first-order valence-electron chi connectivity index (χ1n) is 6.84. The van der Waals surface area contributed by atoms with Crippen LogP contribution in [0.4, 0.5) is 0 Å². The van der Waals surface area contributed by atoms with Gasteiger partial charge in [-0.2, -0.15) is 0 Å². The molecule has 0 radical (unpaired) electrons. The van der Waals surface area contributed by atoms with Crippen LogP contribution in [0.3, 0.4) is 0 Å². The van der Waals surface area contributed by atoms with Gasteiger partial charge in [0.1, 0.15) is 0 Å². The van der Waals surface area contributed by atoms with Gasteiger partial charge in [0.25, 0.3) is 0 Å². The highest BCUT2D eigenvalue weighted by Crippen LogP contribution is 2.19. The number of aliphatic hydroxyl groups excluding tert-OH is 1. The van der Waals surface area contributed by atoms with E-state index in [1.54, 1.807) is 0 Å². The van der Waals surface area contributed by atoms with Gasteiger partial charge < -0.3 is 10.0 Å². The standard InChI is InChI=1S/C16H27NO/c1-12(2)8-9-17(5)11-16(18)15-7-6-13(3)10-14(15)4/h6-7,10,12,16,18H,8-9,11H2,1-5H3. The first kappa shape index (κ1) is 15.2. The van der Waals surface area contributed by atoms with Crippen molar-refractivity contribution in [3.8, 4) is 0 Å². The molecule has 18 heavy (non-hydrogen) atoms. The van der Waals surface area contributed by atoms with E-state index < -0.39 is 0 Å². The van der Waals surface area contributed by atoms with Crippen molar-refractivity contribution in [1.29, 1.82) is 0 Å². The number of hydrogen-bond acceptors (Lipinski definition) is 2. The molecule has 0 fully saturated rings. The summed E-state index contributed by atoms with van der Waals surface area (Å²) < 4.78 is 0. The molecular weight excluding hydrogens is 222 g/mol. The second kappa shape index (κ2) is 6.91. The number of hydrogen-bond donors (Lipinski definition) is 1. The molecule has 0 spiro atoms. The SMILES string of the molecule is Cc1ccc(C(O)CN(C)CCC(C)C)c(C)c1. The highest BCUT2D eigenvalue weighted by Gasteiger charge is 2.13. The summed E-state index contributed by atoms with van der Waals surface area (Å²) in [6.45, 7) is 10.4. The average molecular weight is 249 g/mol. The van der Waals surface area contributed by atoms with Crippen LogP contribution in [0.25, 0.3) is 0 Å². The molecule has 0 saturated carbocycles. The molecule has 1 unspecified atom stereocenters. The van der Waals surface area contributed by atoms with Gasteiger partial charge >= 0.3 is 0 Å². The quantitative estimate of drug-likeness (QED) is 0.836. The molecule has 0 aliphatic rings. The van der Waals surface area contributed by atoms with Crippen LogP contribution in [-0.2, 0) is 0 Å². The molecule has 0 bridgehead atoms. The topological polar surface area (TPSA) is 23.5 Å². The maximum Gasteiger partial charge on any atom is 0.0919 e. The number of benzene rings is 1. The van der Waals surface area contributed by atoms with Crippen molar-refractivity contribution in [3.05, 3.63) is 34.9 Å². The molecule has 0 heterocycles. The third-order valence-corrected chi connectivity index (χ3v) is 3.36. The van der Waals surface area contributed by atoms with Crippen LogP contribution in [0, 0.1) is 19.8 Å². The predicted octanol–water partition coefficient (Wildman–Crippen LogP) is 3.31. The summed E-state index contributed by atoms with van der Waals surface area (Å²) in [5, 5.41) is 10.3. The fourth-order valence-electron chi connectivity index (χ4n) is 2.16. The molecule has 0 aliphatic carbocycles. The van der Waals surface area contributed by atoms with Crippen LogP contribution in [0.5, 0.6) is 0 Å². The molecule has 1 aromatic carbocycles. The van der Waals surface area contributed by atoms with E-state index in [4.69, 9.17) is 0 Å². The molecule has 0 aliphatic heterocycles. The second-order valence-corrected chi connectivity index (χ2v) is 5.82. The van der Waals surface area contributed by atoms with Crippen molar-refractivity contribution in [2.45, 2.75) is 40.2 Å². The summed E-state index contributed by atoms with van der Waals surface area (Å²) in [6, 6.07) is 6.25. The Morgan fingerprint density at radius 3 is 2.44 bits per heavy atom. The van der Waals surface area contributed by atoms with E-state index >= 15 is 0 Å². The van der Waals surface area contributed by atoms with Crippen molar-refractivity contribution >= 4 is 0 Å². The van der Waals surface area contributed by atoms with Gasteiger partial charge in [0.15, 0.2) is 0 Å². The number of aryl methyl sites for hydroxylation is 2. The van der Waals surface area contributed by atoms with Gasteiger partial charge in [-0.25, -0.2) is 0 Å². The third kappa shape index (κ3) is 4.79. The zero-order valence-corrected chi connectivity index (χ0v) is 12.4. The zero-order chi connectivity index (χ0) is 13.7. The number of rotatable bonds is 6. The normalized spacial score (nSPS) is 13.3. The van der Waals surface area contributed by atoms with Crippen LogP contribution in [0.2, 0.25) is 0 Å². The van der Waals surface area contributed by atoms with Crippen molar-refractivity contribution in [2.75, 3.05) is 20.1 Å². The lowest BCUT2D eigenvalue weighted by Gasteiger charge is -2.22. The third-order valence-electron chi connectivity index (χ3n) is 3.36. The molecule has 0 amide bonds. The molecule has 1 N–H and O–H groups in total. The zero-order valence-electron chi connectivity index (χ0n) is 12.4. The summed E-state index contributed by atoms with van der Waals surface area (Å²) in [4.78, 5) is 2.21. The summed E-state index contributed by atoms with van der Waals surface area (Å²) in [6.07, 6.45) is 0.790. The highest BCUT2D eigenvalue weighted by molar-refractivity contribution is 5.32. The van der Waals surface area contributed by atoms with Crippen LogP contribution in [0.1, 0.15) is 43.1 Å². The van der Waals surface area contributed by atoms with E-state index in [2.05, 4.69) is 51.8 Å². The van der Waals surface area contributed by atoms with Gasteiger partial charge in [-0.1, -0.05) is 37.6 Å². The first-order chi connectivity index (χ1) is 8.40. The minimum atomic E-state index is -0.386. The van der Waals surface area contributed by atoms with Gasteiger partial charge in [-0.3, -0.25) is 0 Å². The Balaban J connectivity index is 2.56. The molecule has 1 aromatic rings. The van der Waals surface area contributed by atoms with Crippen molar-refractivity contribution < 1.29 is 5.11 Å². The minimum Gasteiger partial charge on any atom is -0.387 e. The Labute approximate surface area is 112 Å². The van der Waals surface area contributed by atoms with E-state index in [0.717, 1.165) is 12.1 Å². The molecule has 0 aromatic heterocycles. The van der Waals surface area contributed by atoms with E-state index in [-0.39, 0.29) is 6.10 Å². The predicted molar refractivity (Wildman–Crippen MR) is 77.8 cm³/mol. The average Bonchev–Trinajstić information content (AvgIpc) is 2.26. The van der Waals surface area contributed by atoms with Crippen molar-refractivity contribution in [2.24, 2.45) is 5.92 Å². The van der Waals surface area contributed by atoms with Gasteiger partial charge in [0.2, 0.25) is 0 Å². The Bertz CT molecular complexity index is 373. The molecule has 1 rings (SSSR count). The van der Waals surface area contributed by atoms with Gasteiger partial charge in [0, 0.05) is 6.54 Å². The molecule has 1 atom stereocenters. The van der Waals surface area contributed by atoms with Gasteiger partial charge in [-0.15, -0.1) is 0 Å². The van der Waals surface area contributed by atoms with E-state index in [1.165, 1.54) is 17.5 Å². The lowest BCUT2D eigenvalue weighted by Crippen LogP contribution is -2.26. The van der Waals surface area contributed by atoms with Crippen molar-refractivity contribution in [3.63, 3.8) is 0 Å². The Morgan fingerprint density at radius 1 is 1.22 bits per heavy atom. The van der Waals surface area contributed by atoms with Gasteiger partial charge in [0.05, 0.1) is 6.10 Å². The van der Waals surface area contributed by atoms with Crippen LogP contribution in [0.15, 0.2) is 18.2 Å². The van der Waals surface area contributed by atoms with Crippen LogP contribution in [-0.4, -0.2) is 30.1 Å². The van der Waals surface area contributed by atoms with E-state index in [1.807, 2.05) is 6.07 Å². The smallest absolute Gasteiger partial charge is 0.0919 e. The lowest BCUT2D eigenvalue weighted by molar-refractivity contribution is 0.124. The maximum absolute atomic E-state index is 10.3. The monoisotopic (exact) mass is 249 g/mol. The number of nitrogens with zero attached hydrogens (tertiary/aromatic N) is 1. The summed E-state index contributed by atoms with van der Waals surface area (Å²) in [5.74, 6) is 0.714. The maximum atomic E-state index is 10.3. The Morgan fingerprint density at radius 2 is 1.89 bits per heavy atom. The summed E-state index contributed by atoms with van der Waals surface area (Å²) in [5.41, 5.74) is 3.48. The Kier molecular flexibility index (Phi) is 5.83. The number of likely N-dealkylation sites (N-methyl/N-ethyl adjacent to an activating group) is 1. The summed E-state index contributed by atoms with van der Waals surface area (Å²) in [7, 11) is 2.08. The van der Waals surface area contributed by atoms with Crippen LogP contribution < -0.4 is 0 Å². The minimum absolute atomic E-state index is 0.386. The van der Waals surface area contributed by atoms with Crippen molar-refractivity contribution in [1.82, 2.24) is 4.90 Å². The van der Waals surface area contributed by atoms with E-state index in [9.17, 15) is 5.11 Å². The molecule has 2 heteroatoms. The molecular formula is C16H27NO. The highest BCUT2D eigenvalue weighted by atomic mass is 16.3. The molecule has 2 nitrogen and oxygen atoms in total.